The Balaban J connectivity index is 2.33. The first-order valence-electron chi connectivity index (χ1n) is 6.95. The predicted octanol–water partition coefficient (Wildman–Crippen LogP) is 2.68. The smallest absolute Gasteiger partial charge is 0.211 e. The van der Waals surface area contributed by atoms with E-state index in [4.69, 9.17) is 11.6 Å². The summed E-state index contributed by atoms with van der Waals surface area (Å²) in [4.78, 5) is 0. The summed E-state index contributed by atoms with van der Waals surface area (Å²) in [5.74, 6) is -0.428. The lowest BCUT2D eigenvalue weighted by molar-refractivity contribution is 0.555. The number of nitrogens with one attached hydrogen (secondary N) is 2. The third kappa shape index (κ3) is 7.76. The first-order chi connectivity index (χ1) is 9.80. The van der Waals surface area contributed by atoms with Gasteiger partial charge in [0.15, 0.2) is 0 Å². The number of hydrogen-bond acceptors (Lipinski definition) is 3. The molecule has 2 N–H and O–H groups in total. The molecule has 0 saturated carbocycles. The molecule has 0 fully saturated rings. The molecule has 4 nitrogen and oxygen atoms in total. The van der Waals surface area contributed by atoms with E-state index in [-0.39, 0.29) is 17.3 Å². The van der Waals surface area contributed by atoms with Crippen molar-refractivity contribution in [1.29, 1.82) is 0 Å². The van der Waals surface area contributed by atoms with Crippen LogP contribution in [0.5, 0.6) is 0 Å². The zero-order chi connectivity index (χ0) is 15.9. The summed E-state index contributed by atoms with van der Waals surface area (Å²) in [6, 6.07) is 4.56. The summed E-state index contributed by atoms with van der Waals surface area (Å²) in [6.07, 6.45) is 1.40. The van der Waals surface area contributed by atoms with Crippen molar-refractivity contribution in [3.63, 3.8) is 0 Å². The van der Waals surface area contributed by atoms with Gasteiger partial charge in [0.25, 0.3) is 0 Å². The highest BCUT2D eigenvalue weighted by atomic mass is 35.5. The van der Waals surface area contributed by atoms with Gasteiger partial charge in [0.1, 0.15) is 5.82 Å². The van der Waals surface area contributed by atoms with Gasteiger partial charge in [-0.2, -0.15) is 0 Å². The van der Waals surface area contributed by atoms with Gasteiger partial charge in [0.2, 0.25) is 10.0 Å². The molecule has 0 aliphatic rings. The van der Waals surface area contributed by atoms with Gasteiger partial charge in [-0.05, 0) is 37.1 Å². The maximum Gasteiger partial charge on any atom is 0.211 e. The molecule has 0 atom stereocenters. The van der Waals surface area contributed by atoms with Crippen molar-refractivity contribution in [3.8, 4) is 0 Å². The Kier molecular flexibility index (Phi) is 7.59. The molecule has 1 aromatic carbocycles. The number of sulfonamides is 1. The Morgan fingerprint density at radius 3 is 2.62 bits per heavy atom. The number of halogens is 2. The van der Waals surface area contributed by atoms with E-state index < -0.39 is 15.8 Å². The van der Waals surface area contributed by atoms with Gasteiger partial charge < -0.3 is 5.32 Å². The average Bonchev–Trinajstić information content (AvgIpc) is 2.39. The normalized spacial score (nSPS) is 12.0. The Bertz CT molecular complexity index is 550. The van der Waals surface area contributed by atoms with Gasteiger partial charge in [-0.15, -0.1) is 0 Å². The Hall–Kier alpha value is -0.690. The van der Waals surface area contributed by atoms with Crippen LogP contribution in [0, 0.1) is 5.82 Å². The van der Waals surface area contributed by atoms with Gasteiger partial charge in [0.05, 0.1) is 10.8 Å². The molecule has 0 aliphatic carbocycles. The summed E-state index contributed by atoms with van der Waals surface area (Å²) < 4.78 is 39.1. The van der Waals surface area contributed by atoms with Crippen molar-refractivity contribution in [2.45, 2.75) is 39.3 Å². The summed E-state index contributed by atoms with van der Waals surface area (Å²) in [5, 5.41) is 3.23. The van der Waals surface area contributed by atoms with Crippen molar-refractivity contribution < 1.29 is 12.8 Å². The van der Waals surface area contributed by atoms with Crippen LogP contribution in [0.4, 0.5) is 4.39 Å². The molecular weight excluding hydrogens is 315 g/mol. The second kappa shape index (κ2) is 8.68. The van der Waals surface area contributed by atoms with Crippen molar-refractivity contribution >= 4 is 21.6 Å². The molecule has 0 radical (unpaired) electrons. The van der Waals surface area contributed by atoms with Crippen LogP contribution >= 0.6 is 11.6 Å². The minimum atomic E-state index is -3.32. The second-order valence-electron chi connectivity index (χ2n) is 5.20. The highest BCUT2D eigenvalue weighted by Gasteiger charge is 2.10. The van der Waals surface area contributed by atoms with Gasteiger partial charge >= 0.3 is 0 Å². The van der Waals surface area contributed by atoms with Crippen LogP contribution < -0.4 is 10.0 Å². The molecule has 21 heavy (non-hydrogen) atoms. The number of unbranched alkanes of at least 4 members (excludes halogenated alkanes) is 1. The van der Waals surface area contributed by atoms with Crippen LogP contribution in [0.3, 0.4) is 0 Å². The van der Waals surface area contributed by atoms with Gasteiger partial charge in [-0.1, -0.05) is 31.5 Å². The molecule has 1 aromatic rings. The molecular formula is C14H22ClFN2O2S. The van der Waals surface area contributed by atoms with E-state index in [0.717, 1.165) is 13.0 Å². The Labute approximate surface area is 131 Å². The molecule has 7 heteroatoms. The molecule has 0 spiro atoms. The topological polar surface area (TPSA) is 58.2 Å². The maximum absolute atomic E-state index is 13.0. The monoisotopic (exact) mass is 336 g/mol. The zero-order valence-corrected chi connectivity index (χ0v) is 13.9. The first kappa shape index (κ1) is 18.4. The fraction of sp³-hybridized carbons (Fsp3) is 0.571. The molecule has 0 unspecified atom stereocenters. The summed E-state index contributed by atoms with van der Waals surface area (Å²) in [7, 11) is -3.32. The van der Waals surface area contributed by atoms with E-state index in [1.807, 2.05) is 13.8 Å². The van der Waals surface area contributed by atoms with Gasteiger partial charge in [0, 0.05) is 12.6 Å². The van der Waals surface area contributed by atoms with Gasteiger partial charge in [-0.25, -0.2) is 17.5 Å². The van der Waals surface area contributed by atoms with Crippen molar-refractivity contribution in [2.75, 3.05) is 12.3 Å². The van der Waals surface area contributed by atoms with Crippen molar-refractivity contribution in [2.24, 2.45) is 0 Å². The van der Waals surface area contributed by atoms with Crippen LogP contribution in [0.15, 0.2) is 18.2 Å². The molecule has 0 amide bonds. The largest absolute Gasteiger partial charge is 0.315 e. The standard InChI is InChI=1S/C14H22ClFN2O2S/c1-11(2)17-7-3-4-8-21(19,20)18-10-12-5-6-14(16)13(15)9-12/h5-6,9,11,17-18H,3-4,7-8,10H2,1-2H3. The van der Waals surface area contributed by atoms with E-state index in [1.54, 1.807) is 0 Å². The highest BCUT2D eigenvalue weighted by molar-refractivity contribution is 7.89. The molecule has 0 bridgehead atoms. The van der Waals surface area contributed by atoms with E-state index in [1.165, 1.54) is 18.2 Å². The second-order valence-corrected chi connectivity index (χ2v) is 7.54. The van der Waals surface area contributed by atoms with E-state index in [9.17, 15) is 12.8 Å². The third-order valence-corrected chi connectivity index (χ3v) is 4.57. The summed E-state index contributed by atoms with van der Waals surface area (Å²) >= 11 is 5.65. The van der Waals surface area contributed by atoms with Crippen LogP contribution in [0.1, 0.15) is 32.3 Å². The number of rotatable bonds is 9. The molecule has 0 heterocycles. The van der Waals surface area contributed by atoms with Crippen molar-refractivity contribution in [1.82, 2.24) is 10.0 Å². The zero-order valence-electron chi connectivity index (χ0n) is 12.3. The minimum absolute atomic E-state index is 0.00791. The molecule has 120 valence electrons. The fourth-order valence-corrected chi connectivity index (χ4v) is 3.04. The minimum Gasteiger partial charge on any atom is -0.315 e. The first-order valence-corrected chi connectivity index (χ1v) is 8.98. The summed E-state index contributed by atoms with van der Waals surface area (Å²) in [5.41, 5.74) is 0.631. The molecule has 0 saturated heterocycles. The number of benzene rings is 1. The van der Waals surface area contributed by atoms with Crippen molar-refractivity contribution in [3.05, 3.63) is 34.6 Å². The van der Waals surface area contributed by atoms with Gasteiger partial charge in [-0.3, -0.25) is 0 Å². The van der Waals surface area contributed by atoms with E-state index >= 15 is 0 Å². The van der Waals surface area contributed by atoms with Crippen LogP contribution in [0.2, 0.25) is 5.02 Å². The van der Waals surface area contributed by atoms with Crippen LogP contribution in [0.25, 0.3) is 0 Å². The lowest BCUT2D eigenvalue weighted by atomic mass is 10.2. The number of hydrogen-bond donors (Lipinski definition) is 2. The van der Waals surface area contributed by atoms with E-state index in [0.29, 0.717) is 18.0 Å². The lowest BCUT2D eigenvalue weighted by Gasteiger charge is -2.09. The third-order valence-electron chi connectivity index (χ3n) is 2.87. The Morgan fingerprint density at radius 2 is 2.00 bits per heavy atom. The van der Waals surface area contributed by atoms with Crippen LogP contribution in [-0.2, 0) is 16.6 Å². The highest BCUT2D eigenvalue weighted by Crippen LogP contribution is 2.16. The summed E-state index contributed by atoms with van der Waals surface area (Å²) in [6.45, 7) is 5.02. The average molecular weight is 337 g/mol. The fourth-order valence-electron chi connectivity index (χ4n) is 1.72. The SMILES string of the molecule is CC(C)NCCCCS(=O)(=O)NCc1ccc(F)c(Cl)c1. The Morgan fingerprint density at radius 1 is 1.29 bits per heavy atom. The lowest BCUT2D eigenvalue weighted by Crippen LogP contribution is -2.27. The maximum atomic E-state index is 13.0. The molecule has 0 aromatic heterocycles. The molecule has 0 aliphatic heterocycles. The van der Waals surface area contributed by atoms with E-state index in [2.05, 4.69) is 10.0 Å². The predicted molar refractivity (Wildman–Crippen MR) is 84.4 cm³/mol. The van der Waals surface area contributed by atoms with Crippen LogP contribution in [-0.4, -0.2) is 26.8 Å². The molecule has 1 rings (SSSR count). The quantitative estimate of drug-likeness (QED) is 0.682.